The molecule has 0 aromatic carbocycles. The summed E-state index contributed by atoms with van der Waals surface area (Å²) in [6.07, 6.45) is 3.18. The molecule has 1 aliphatic rings. The first kappa shape index (κ1) is 15.2. The molecule has 23 heavy (non-hydrogen) atoms. The number of hydrogen-bond acceptors (Lipinski definition) is 7. The highest BCUT2D eigenvalue weighted by Crippen LogP contribution is 2.17. The van der Waals surface area contributed by atoms with Gasteiger partial charge in [0.05, 0.1) is 12.8 Å². The van der Waals surface area contributed by atoms with Crippen LogP contribution in [-0.2, 0) is 6.54 Å². The van der Waals surface area contributed by atoms with E-state index in [0.717, 1.165) is 38.4 Å². The van der Waals surface area contributed by atoms with Crippen molar-refractivity contribution in [2.24, 2.45) is 0 Å². The average Bonchev–Trinajstić information content (AvgIpc) is 2.62. The SMILES string of the molecule is COc1cccc(CN2CCN(c3nccnc3C#N)CC2)n1. The fraction of sp³-hybridized carbons (Fsp3) is 0.375. The number of rotatable bonds is 4. The Hall–Kier alpha value is -2.72. The van der Waals surface area contributed by atoms with Gasteiger partial charge in [0.15, 0.2) is 11.5 Å². The van der Waals surface area contributed by atoms with Crippen LogP contribution in [0.25, 0.3) is 0 Å². The summed E-state index contributed by atoms with van der Waals surface area (Å²) in [6.45, 7) is 4.20. The van der Waals surface area contributed by atoms with Gasteiger partial charge in [0.25, 0.3) is 0 Å². The molecule has 3 heterocycles. The van der Waals surface area contributed by atoms with Crippen LogP contribution in [-0.4, -0.2) is 53.1 Å². The number of nitriles is 1. The average molecular weight is 310 g/mol. The number of pyridine rings is 1. The molecule has 3 rings (SSSR count). The quantitative estimate of drug-likeness (QED) is 0.836. The van der Waals surface area contributed by atoms with Crippen molar-refractivity contribution in [1.29, 1.82) is 5.26 Å². The molecule has 0 amide bonds. The zero-order valence-corrected chi connectivity index (χ0v) is 13.0. The van der Waals surface area contributed by atoms with Crippen molar-refractivity contribution in [2.45, 2.75) is 6.54 Å². The standard InChI is InChI=1S/C16H18N6O/c1-23-15-4-2-3-13(20-15)12-21-7-9-22(10-8-21)16-14(11-17)18-5-6-19-16/h2-6H,7-10,12H2,1H3. The molecule has 0 bridgehead atoms. The van der Waals surface area contributed by atoms with Crippen molar-refractivity contribution < 1.29 is 4.74 Å². The van der Waals surface area contributed by atoms with Crippen LogP contribution in [0.4, 0.5) is 5.82 Å². The molecule has 0 saturated carbocycles. The van der Waals surface area contributed by atoms with E-state index in [0.29, 0.717) is 17.4 Å². The molecule has 1 fully saturated rings. The van der Waals surface area contributed by atoms with E-state index in [4.69, 9.17) is 10.00 Å². The molecule has 7 heteroatoms. The zero-order chi connectivity index (χ0) is 16.1. The van der Waals surface area contributed by atoms with Crippen molar-refractivity contribution in [3.05, 3.63) is 42.0 Å². The first-order chi connectivity index (χ1) is 11.3. The van der Waals surface area contributed by atoms with E-state index in [-0.39, 0.29) is 0 Å². The summed E-state index contributed by atoms with van der Waals surface area (Å²) in [7, 11) is 1.62. The Morgan fingerprint density at radius 3 is 2.70 bits per heavy atom. The van der Waals surface area contributed by atoms with E-state index >= 15 is 0 Å². The summed E-state index contributed by atoms with van der Waals surface area (Å²) in [4.78, 5) is 17.3. The molecule has 1 saturated heterocycles. The second-order valence-corrected chi connectivity index (χ2v) is 5.27. The fourth-order valence-corrected chi connectivity index (χ4v) is 2.65. The van der Waals surface area contributed by atoms with Gasteiger partial charge in [0.1, 0.15) is 6.07 Å². The third-order valence-corrected chi connectivity index (χ3v) is 3.83. The highest BCUT2D eigenvalue weighted by molar-refractivity contribution is 5.49. The molecule has 7 nitrogen and oxygen atoms in total. The summed E-state index contributed by atoms with van der Waals surface area (Å²) in [5.41, 5.74) is 1.38. The number of ether oxygens (including phenoxy) is 1. The normalized spacial score (nSPS) is 15.2. The number of anilines is 1. The highest BCUT2D eigenvalue weighted by atomic mass is 16.5. The minimum atomic E-state index is 0.385. The first-order valence-electron chi connectivity index (χ1n) is 7.48. The van der Waals surface area contributed by atoms with Gasteiger partial charge in [-0.2, -0.15) is 5.26 Å². The van der Waals surface area contributed by atoms with E-state index in [2.05, 4.69) is 30.8 Å². The molecule has 2 aromatic heterocycles. The molecule has 0 radical (unpaired) electrons. The number of nitrogens with zero attached hydrogens (tertiary/aromatic N) is 6. The molecule has 0 unspecified atom stereocenters. The number of piperazine rings is 1. The van der Waals surface area contributed by atoms with E-state index in [1.807, 2.05) is 18.2 Å². The van der Waals surface area contributed by atoms with Crippen LogP contribution in [0.5, 0.6) is 5.88 Å². The third-order valence-electron chi connectivity index (χ3n) is 3.83. The lowest BCUT2D eigenvalue weighted by Crippen LogP contribution is -2.46. The Labute approximate surface area is 135 Å². The maximum atomic E-state index is 9.14. The Morgan fingerprint density at radius 2 is 1.96 bits per heavy atom. The molecule has 2 aromatic rings. The molecule has 0 atom stereocenters. The van der Waals surface area contributed by atoms with Crippen molar-refractivity contribution in [3.8, 4) is 11.9 Å². The van der Waals surface area contributed by atoms with Gasteiger partial charge in [0.2, 0.25) is 5.88 Å². The second kappa shape index (κ2) is 7.03. The third kappa shape index (κ3) is 3.55. The molecule has 0 N–H and O–H groups in total. The van der Waals surface area contributed by atoms with E-state index < -0.39 is 0 Å². The topological polar surface area (TPSA) is 78.2 Å². The fourth-order valence-electron chi connectivity index (χ4n) is 2.65. The summed E-state index contributed by atoms with van der Waals surface area (Å²) in [5.74, 6) is 1.31. The van der Waals surface area contributed by atoms with Gasteiger partial charge in [-0.1, -0.05) is 6.07 Å². The van der Waals surface area contributed by atoms with Crippen molar-refractivity contribution in [3.63, 3.8) is 0 Å². The molecule has 118 valence electrons. The Kier molecular flexibility index (Phi) is 4.64. The maximum absolute atomic E-state index is 9.14. The van der Waals surface area contributed by atoms with Gasteiger partial charge < -0.3 is 9.64 Å². The lowest BCUT2D eigenvalue weighted by atomic mass is 10.2. The number of methoxy groups -OCH3 is 1. The summed E-state index contributed by atoms with van der Waals surface area (Å²) < 4.78 is 5.16. The summed E-state index contributed by atoms with van der Waals surface area (Å²) in [5, 5.41) is 9.14. The van der Waals surface area contributed by atoms with Crippen LogP contribution in [0.15, 0.2) is 30.6 Å². The van der Waals surface area contributed by atoms with Gasteiger partial charge in [-0.25, -0.2) is 15.0 Å². The predicted molar refractivity (Wildman–Crippen MR) is 85.0 cm³/mol. The molecular formula is C16H18N6O. The highest BCUT2D eigenvalue weighted by Gasteiger charge is 2.21. The van der Waals surface area contributed by atoms with Crippen LogP contribution in [0.1, 0.15) is 11.4 Å². The van der Waals surface area contributed by atoms with Crippen LogP contribution < -0.4 is 9.64 Å². The van der Waals surface area contributed by atoms with Crippen LogP contribution in [0.3, 0.4) is 0 Å². The number of aromatic nitrogens is 3. The van der Waals surface area contributed by atoms with Gasteiger partial charge >= 0.3 is 0 Å². The van der Waals surface area contributed by atoms with E-state index in [1.165, 1.54) is 0 Å². The van der Waals surface area contributed by atoms with Crippen molar-refractivity contribution >= 4 is 5.82 Å². The summed E-state index contributed by atoms with van der Waals surface area (Å²) in [6, 6.07) is 7.91. The largest absolute Gasteiger partial charge is 0.481 e. The lowest BCUT2D eigenvalue weighted by molar-refractivity contribution is 0.245. The number of hydrogen-bond donors (Lipinski definition) is 0. The lowest BCUT2D eigenvalue weighted by Gasteiger charge is -2.35. The van der Waals surface area contributed by atoms with E-state index in [1.54, 1.807) is 19.5 Å². The monoisotopic (exact) mass is 310 g/mol. The molecule has 1 aliphatic heterocycles. The molecule has 0 spiro atoms. The Morgan fingerprint density at radius 1 is 1.17 bits per heavy atom. The van der Waals surface area contributed by atoms with Crippen molar-refractivity contribution in [2.75, 3.05) is 38.2 Å². The smallest absolute Gasteiger partial charge is 0.213 e. The minimum absolute atomic E-state index is 0.385. The summed E-state index contributed by atoms with van der Waals surface area (Å²) >= 11 is 0. The Balaban J connectivity index is 1.61. The maximum Gasteiger partial charge on any atom is 0.213 e. The van der Waals surface area contributed by atoms with Crippen molar-refractivity contribution in [1.82, 2.24) is 19.9 Å². The van der Waals surface area contributed by atoms with E-state index in [9.17, 15) is 0 Å². The van der Waals surface area contributed by atoms with Gasteiger partial charge in [-0.05, 0) is 6.07 Å². The van der Waals surface area contributed by atoms with Crippen LogP contribution in [0, 0.1) is 11.3 Å². The van der Waals surface area contributed by atoms with Gasteiger partial charge in [-0.15, -0.1) is 0 Å². The van der Waals surface area contributed by atoms with Crippen LogP contribution >= 0.6 is 0 Å². The first-order valence-corrected chi connectivity index (χ1v) is 7.48. The minimum Gasteiger partial charge on any atom is -0.481 e. The van der Waals surface area contributed by atoms with Gasteiger partial charge in [-0.3, -0.25) is 4.90 Å². The van der Waals surface area contributed by atoms with Crippen LogP contribution in [0.2, 0.25) is 0 Å². The predicted octanol–water partition coefficient (Wildman–Crippen LogP) is 1.07. The molecular weight excluding hydrogens is 292 g/mol. The zero-order valence-electron chi connectivity index (χ0n) is 13.0. The second-order valence-electron chi connectivity index (χ2n) is 5.27. The van der Waals surface area contributed by atoms with Gasteiger partial charge in [0, 0.05) is 51.2 Å². The Bertz CT molecular complexity index is 706. The molecule has 0 aliphatic carbocycles.